The van der Waals surface area contributed by atoms with Gasteiger partial charge in [0.15, 0.2) is 0 Å². The van der Waals surface area contributed by atoms with Crippen molar-refractivity contribution < 1.29 is 26.8 Å². The lowest BCUT2D eigenvalue weighted by molar-refractivity contribution is -0.130. The molecule has 1 N–H and O–H groups in total. The maximum Gasteiger partial charge on any atom is 0.339 e. The number of hydrogen-bond acceptors (Lipinski definition) is 6. The van der Waals surface area contributed by atoms with Crippen LogP contribution in [0.4, 0.5) is 4.39 Å². The van der Waals surface area contributed by atoms with Gasteiger partial charge in [0.25, 0.3) is 0 Å². The van der Waals surface area contributed by atoms with Crippen LogP contribution in [0.2, 0.25) is 5.02 Å². The summed E-state index contributed by atoms with van der Waals surface area (Å²) in [5.74, 6) is -0.139. The van der Waals surface area contributed by atoms with E-state index in [-0.39, 0.29) is 34.9 Å². The number of carbonyl (C=O) groups excluding carboxylic acids is 1. The van der Waals surface area contributed by atoms with Gasteiger partial charge >= 0.3 is 5.63 Å². The number of nitrogens with zero attached hydrogens (tertiary/aromatic N) is 1. The minimum Gasteiger partial charge on any atom is -0.488 e. The van der Waals surface area contributed by atoms with Gasteiger partial charge in [-0.3, -0.25) is 4.79 Å². The number of rotatable bonds is 7. The largest absolute Gasteiger partial charge is 0.488 e. The van der Waals surface area contributed by atoms with Crippen LogP contribution in [0.3, 0.4) is 0 Å². The van der Waals surface area contributed by atoms with Gasteiger partial charge in [-0.25, -0.2) is 22.3 Å². The molecule has 1 saturated heterocycles. The maximum absolute atomic E-state index is 13.2. The van der Waals surface area contributed by atoms with E-state index in [0.717, 1.165) is 18.2 Å². The number of halogens is 2. The molecule has 1 aromatic carbocycles. The number of aryl methyl sites for hydroxylation is 1. The van der Waals surface area contributed by atoms with Crippen LogP contribution in [0.1, 0.15) is 18.6 Å². The minimum atomic E-state index is -3.91. The van der Waals surface area contributed by atoms with Crippen LogP contribution >= 0.6 is 11.6 Å². The molecular formula is C19H20ClFN2O6S. The Balaban J connectivity index is 1.49. The second-order valence-electron chi connectivity index (χ2n) is 6.81. The molecule has 8 nitrogen and oxygen atoms in total. The number of nitrogens with one attached hydrogen (secondary N) is 1. The average Bonchev–Trinajstić information content (AvgIpc) is 3.11. The highest BCUT2D eigenvalue weighted by atomic mass is 35.5. The molecule has 30 heavy (non-hydrogen) atoms. The average molecular weight is 459 g/mol. The Morgan fingerprint density at radius 2 is 2.13 bits per heavy atom. The molecule has 1 atom stereocenters. The predicted octanol–water partition coefficient (Wildman–Crippen LogP) is 2.09. The molecule has 1 fully saturated rings. The lowest BCUT2D eigenvalue weighted by Gasteiger charge is -2.17. The molecule has 1 aliphatic heterocycles. The molecule has 0 radical (unpaired) electrons. The number of carbonyl (C=O) groups is 1. The monoisotopic (exact) mass is 458 g/mol. The van der Waals surface area contributed by atoms with Crippen LogP contribution in [0.25, 0.3) is 0 Å². The van der Waals surface area contributed by atoms with E-state index in [2.05, 4.69) is 4.72 Å². The number of sulfonamides is 1. The number of hydrogen-bond donors (Lipinski definition) is 1. The molecule has 1 unspecified atom stereocenters. The van der Waals surface area contributed by atoms with Crippen molar-refractivity contribution in [3.05, 3.63) is 57.4 Å². The summed E-state index contributed by atoms with van der Waals surface area (Å²) in [6.07, 6.45) is 0.271. The van der Waals surface area contributed by atoms with Gasteiger partial charge in [0.05, 0.1) is 22.5 Å². The number of benzene rings is 1. The lowest BCUT2D eigenvalue weighted by atomic mass is 10.3. The summed E-state index contributed by atoms with van der Waals surface area (Å²) >= 11 is 5.62. The van der Waals surface area contributed by atoms with E-state index in [4.69, 9.17) is 20.8 Å². The van der Waals surface area contributed by atoms with Gasteiger partial charge in [-0.15, -0.1) is 0 Å². The van der Waals surface area contributed by atoms with Gasteiger partial charge in [-0.2, -0.15) is 0 Å². The van der Waals surface area contributed by atoms with Gasteiger partial charge in [-0.05, 0) is 25.1 Å². The minimum absolute atomic E-state index is 0.0467. The molecule has 0 bridgehead atoms. The summed E-state index contributed by atoms with van der Waals surface area (Å²) in [6.45, 7) is 2.32. The van der Waals surface area contributed by atoms with Crippen molar-refractivity contribution >= 4 is 27.5 Å². The number of amides is 1. The summed E-state index contributed by atoms with van der Waals surface area (Å²) < 4.78 is 50.6. The quantitative estimate of drug-likeness (QED) is 0.681. The number of likely N-dealkylation sites (tertiary alicyclic amines) is 1. The van der Waals surface area contributed by atoms with Crippen LogP contribution in [0.5, 0.6) is 5.75 Å². The smallest absolute Gasteiger partial charge is 0.339 e. The summed E-state index contributed by atoms with van der Waals surface area (Å²) in [6, 6.07) is 5.91. The highest BCUT2D eigenvalue weighted by molar-refractivity contribution is 7.89. The SMILES string of the molecule is Cc1cc(OC2CCN(C(=O)CCNS(=O)(=O)c3ccc(F)c(Cl)c3)C2)cc(=O)o1. The fourth-order valence-electron chi connectivity index (χ4n) is 3.06. The van der Waals surface area contributed by atoms with Gasteiger partial charge in [0.1, 0.15) is 23.4 Å². The van der Waals surface area contributed by atoms with Crippen molar-refractivity contribution in [3.8, 4) is 5.75 Å². The first kappa shape index (κ1) is 22.3. The Morgan fingerprint density at radius 1 is 1.37 bits per heavy atom. The Kier molecular flexibility index (Phi) is 6.79. The summed E-state index contributed by atoms with van der Waals surface area (Å²) in [5, 5.41) is -0.302. The first-order chi connectivity index (χ1) is 14.1. The zero-order valence-electron chi connectivity index (χ0n) is 16.1. The second-order valence-corrected chi connectivity index (χ2v) is 8.99. The number of ether oxygens (including phenoxy) is 1. The van der Waals surface area contributed by atoms with Crippen molar-refractivity contribution in [2.45, 2.75) is 30.8 Å². The molecule has 1 aromatic heterocycles. The normalized spacial score (nSPS) is 16.6. The highest BCUT2D eigenvalue weighted by Crippen LogP contribution is 2.20. The summed E-state index contributed by atoms with van der Waals surface area (Å²) in [7, 11) is -3.91. The zero-order chi connectivity index (χ0) is 21.9. The van der Waals surface area contributed by atoms with E-state index in [1.165, 1.54) is 6.07 Å². The third-order valence-electron chi connectivity index (χ3n) is 4.50. The van der Waals surface area contributed by atoms with E-state index >= 15 is 0 Å². The third-order valence-corrected chi connectivity index (χ3v) is 6.25. The van der Waals surface area contributed by atoms with Crippen molar-refractivity contribution in [3.63, 3.8) is 0 Å². The first-order valence-corrected chi connectivity index (χ1v) is 11.0. The second kappa shape index (κ2) is 9.15. The molecule has 2 heterocycles. The van der Waals surface area contributed by atoms with Gasteiger partial charge in [0, 0.05) is 32.0 Å². The van der Waals surface area contributed by atoms with Crippen molar-refractivity contribution in [1.29, 1.82) is 0 Å². The predicted molar refractivity (Wildman–Crippen MR) is 107 cm³/mol. The van der Waals surface area contributed by atoms with Gasteiger partial charge < -0.3 is 14.1 Å². The van der Waals surface area contributed by atoms with E-state index < -0.39 is 21.5 Å². The van der Waals surface area contributed by atoms with Crippen LogP contribution in [0, 0.1) is 12.7 Å². The molecule has 0 saturated carbocycles. The van der Waals surface area contributed by atoms with Gasteiger partial charge in [0.2, 0.25) is 15.9 Å². The highest BCUT2D eigenvalue weighted by Gasteiger charge is 2.28. The zero-order valence-corrected chi connectivity index (χ0v) is 17.6. The Bertz CT molecular complexity index is 1100. The van der Waals surface area contributed by atoms with Crippen LogP contribution < -0.4 is 15.1 Å². The van der Waals surface area contributed by atoms with E-state index in [1.54, 1.807) is 17.9 Å². The van der Waals surface area contributed by atoms with E-state index in [1.807, 2.05) is 0 Å². The molecule has 2 aromatic rings. The summed E-state index contributed by atoms with van der Waals surface area (Å²) in [4.78, 5) is 25.2. The van der Waals surface area contributed by atoms with Gasteiger partial charge in [-0.1, -0.05) is 11.6 Å². The van der Waals surface area contributed by atoms with Crippen molar-refractivity contribution in [2.24, 2.45) is 0 Å². The van der Waals surface area contributed by atoms with E-state index in [9.17, 15) is 22.4 Å². The Morgan fingerprint density at radius 3 is 2.83 bits per heavy atom. The van der Waals surface area contributed by atoms with Crippen LogP contribution in [-0.4, -0.2) is 45.0 Å². The van der Waals surface area contributed by atoms with E-state index in [0.29, 0.717) is 31.0 Å². The molecule has 0 spiro atoms. The standard InChI is InChI=1S/C19H20ClFN2O6S/c1-12-8-14(9-19(25)28-12)29-13-5-7-23(11-13)18(24)4-6-22-30(26,27)15-2-3-17(21)16(20)10-15/h2-3,8-10,13,22H,4-7,11H2,1H3. The molecular weight excluding hydrogens is 439 g/mol. The van der Waals surface area contributed by atoms with Crippen LogP contribution in [-0.2, 0) is 14.8 Å². The van der Waals surface area contributed by atoms with Crippen LogP contribution in [0.15, 0.2) is 44.4 Å². The summed E-state index contributed by atoms with van der Waals surface area (Å²) in [5.41, 5.74) is -0.509. The Labute approximate surface area is 177 Å². The molecule has 1 amide bonds. The first-order valence-electron chi connectivity index (χ1n) is 9.15. The lowest BCUT2D eigenvalue weighted by Crippen LogP contribution is -2.34. The fourth-order valence-corrected chi connectivity index (χ4v) is 4.37. The molecule has 11 heteroatoms. The third kappa shape index (κ3) is 5.59. The topological polar surface area (TPSA) is 106 Å². The molecule has 0 aliphatic carbocycles. The maximum atomic E-state index is 13.2. The molecule has 1 aliphatic rings. The fraction of sp³-hybridized carbons (Fsp3) is 0.368. The molecule has 162 valence electrons. The van der Waals surface area contributed by atoms with Crippen molar-refractivity contribution in [1.82, 2.24) is 9.62 Å². The van der Waals surface area contributed by atoms with Crippen molar-refractivity contribution in [2.75, 3.05) is 19.6 Å². The Hall–Kier alpha value is -2.43. The molecule has 3 rings (SSSR count).